The Morgan fingerprint density at radius 3 is 2.30 bits per heavy atom. The SMILES string of the molecule is CCCCc1ccc(CC(=O)OCC(=O)NCC(=O)NC)cc1. The Labute approximate surface area is 136 Å². The number of ether oxygens (including phenoxy) is 1. The number of hydrogen-bond donors (Lipinski definition) is 2. The van der Waals surface area contributed by atoms with Crippen molar-refractivity contribution in [2.75, 3.05) is 20.2 Å². The smallest absolute Gasteiger partial charge is 0.310 e. The molecule has 23 heavy (non-hydrogen) atoms. The van der Waals surface area contributed by atoms with Crippen LogP contribution < -0.4 is 10.6 Å². The van der Waals surface area contributed by atoms with Crippen LogP contribution in [-0.2, 0) is 32.0 Å². The predicted molar refractivity (Wildman–Crippen MR) is 86.8 cm³/mol. The largest absolute Gasteiger partial charge is 0.455 e. The van der Waals surface area contributed by atoms with Gasteiger partial charge in [0.15, 0.2) is 6.61 Å². The van der Waals surface area contributed by atoms with E-state index < -0.39 is 11.9 Å². The second kappa shape index (κ2) is 10.4. The zero-order valence-electron chi connectivity index (χ0n) is 13.7. The van der Waals surface area contributed by atoms with Crippen molar-refractivity contribution in [2.24, 2.45) is 0 Å². The first kappa shape index (κ1) is 18.7. The fourth-order valence-corrected chi connectivity index (χ4v) is 1.89. The van der Waals surface area contributed by atoms with Gasteiger partial charge in [0.1, 0.15) is 0 Å². The third-order valence-corrected chi connectivity index (χ3v) is 3.28. The van der Waals surface area contributed by atoms with Crippen molar-refractivity contribution in [2.45, 2.75) is 32.6 Å². The van der Waals surface area contributed by atoms with Gasteiger partial charge in [0.2, 0.25) is 5.91 Å². The summed E-state index contributed by atoms with van der Waals surface area (Å²) in [5.74, 6) is -1.29. The Morgan fingerprint density at radius 1 is 1.04 bits per heavy atom. The lowest BCUT2D eigenvalue weighted by atomic mass is 10.1. The quantitative estimate of drug-likeness (QED) is 0.664. The maximum atomic E-state index is 11.7. The maximum Gasteiger partial charge on any atom is 0.310 e. The molecule has 0 aliphatic carbocycles. The summed E-state index contributed by atoms with van der Waals surface area (Å²) in [4.78, 5) is 34.0. The second-order valence-corrected chi connectivity index (χ2v) is 5.21. The lowest BCUT2D eigenvalue weighted by Gasteiger charge is -2.07. The molecule has 0 radical (unpaired) electrons. The first-order valence-electron chi connectivity index (χ1n) is 7.75. The number of benzene rings is 1. The van der Waals surface area contributed by atoms with Crippen molar-refractivity contribution < 1.29 is 19.1 Å². The van der Waals surface area contributed by atoms with Crippen LogP contribution in [0.2, 0.25) is 0 Å². The first-order chi connectivity index (χ1) is 11.0. The van der Waals surface area contributed by atoms with Crippen molar-refractivity contribution >= 4 is 17.8 Å². The first-order valence-corrected chi connectivity index (χ1v) is 7.75. The van der Waals surface area contributed by atoms with Crippen LogP contribution in [0.3, 0.4) is 0 Å². The minimum Gasteiger partial charge on any atom is -0.455 e. The number of amides is 2. The number of hydrogen-bond acceptors (Lipinski definition) is 4. The Hall–Kier alpha value is -2.37. The summed E-state index contributed by atoms with van der Waals surface area (Å²) < 4.78 is 4.89. The van der Waals surface area contributed by atoms with Crippen LogP contribution in [0, 0.1) is 0 Å². The normalized spacial score (nSPS) is 10.0. The van der Waals surface area contributed by atoms with E-state index in [4.69, 9.17) is 4.74 Å². The molecule has 2 N–H and O–H groups in total. The lowest BCUT2D eigenvalue weighted by Crippen LogP contribution is -2.37. The van der Waals surface area contributed by atoms with Crippen molar-refractivity contribution in [3.8, 4) is 0 Å². The molecule has 0 unspecified atom stereocenters. The number of aryl methyl sites for hydroxylation is 1. The summed E-state index contributed by atoms with van der Waals surface area (Å²) in [5.41, 5.74) is 2.10. The van der Waals surface area contributed by atoms with Crippen LogP contribution in [0.4, 0.5) is 0 Å². The number of carbonyl (C=O) groups is 3. The Balaban J connectivity index is 2.30. The Morgan fingerprint density at radius 2 is 1.70 bits per heavy atom. The highest BCUT2D eigenvalue weighted by atomic mass is 16.5. The van der Waals surface area contributed by atoms with E-state index in [1.807, 2.05) is 24.3 Å². The standard InChI is InChI=1S/C17H24N2O4/c1-3-4-5-13-6-8-14(9-7-13)10-17(22)23-12-16(21)19-11-15(20)18-2/h6-9H,3-5,10-12H2,1-2H3,(H,18,20)(H,19,21). The minimum absolute atomic E-state index is 0.122. The zero-order chi connectivity index (χ0) is 17.1. The molecule has 0 heterocycles. The van der Waals surface area contributed by atoms with Crippen molar-refractivity contribution in [1.29, 1.82) is 0 Å². The fourth-order valence-electron chi connectivity index (χ4n) is 1.89. The molecule has 0 atom stereocenters. The Kier molecular flexibility index (Phi) is 8.42. The van der Waals surface area contributed by atoms with E-state index in [9.17, 15) is 14.4 Å². The molecule has 0 fully saturated rings. The van der Waals surface area contributed by atoms with Gasteiger partial charge in [-0.15, -0.1) is 0 Å². The van der Waals surface area contributed by atoms with Crippen molar-refractivity contribution in [3.63, 3.8) is 0 Å². The summed E-state index contributed by atoms with van der Waals surface area (Å²) in [7, 11) is 1.47. The summed E-state index contributed by atoms with van der Waals surface area (Å²) in [6.07, 6.45) is 3.45. The van der Waals surface area contributed by atoms with Gasteiger partial charge in [-0.25, -0.2) is 0 Å². The molecule has 6 nitrogen and oxygen atoms in total. The highest BCUT2D eigenvalue weighted by Gasteiger charge is 2.09. The van der Waals surface area contributed by atoms with Gasteiger partial charge in [0, 0.05) is 7.05 Å². The monoisotopic (exact) mass is 320 g/mol. The third kappa shape index (κ3) is 7.99. The molecule has 0 saturated carbocycles. The van der Waals surface area contributed by atoms with Crippen molar-refractivity contribution in [1.82, 2.24) is 10.6 Å². The van der Waals surface area contributed by atoms with Gasteiger partial charge in [-0.05, 0) is 24.0 Å². The number of carbonyl (C=O) groups excluding carboxylic acids is 3. The van der Waals surface area contributed by atoms with Gasteiger partial charge in [-0.1, -0.05) is 37.6 Å². The molecular weight excluding hydrogens is 296 g/mol. The van der Waals surface area contributed by atoms with Crippen LogP contribution >= 0.6 is 0 Å². The zero-order valence-corrected chi connectivity index (χ0v) is 13.7. The second-order valence-electron chi connectivity index (χ2n) is 5.21. The summed E-state index contributed by atoms with van der Waals surface area (Å²) in [6, 6.07) is 7.82. The van der Waals surface area contributed by atoms with Crippen molar-refractivity contribution in [3.05, 3.63) is 35.4 Å². The number of nitrogens with one attached hydrogen (secondary N) is 2. The Bertz CT molecular complexity index is 526. The van der Waals surface area contributed by atoms with Gasteiger partial charge >= 0.3 is 5.97 Å². The van der Waals surface area contributed by atoms with Gasteiger partial charge < -0.3 is 15.4 Å². The summed E-state index contributed by atoms with van der Waals surface area (Å²) >= 11 is 0. The molecule has 0 saturated heterocycles. The highest BCUT2D eigenvalue weighted by Crippen LogP contribution is 2.09. The molecular formula is C17H24N2O4. The predicted octanol–water partition coefficient (Wildman–Crippen LogP) is 0.977. The number of rotatable bonds is 9. The molecule has 0 spiro atoms. The number of esters is 1. The third-order valence-electron chi connectivity index (χ3n) is 3.28. The molecule has 1 rings (SSSR count). The molecule has 2 amide bonds. The topological polar surface area (TPSA) is 84.5 Å². The van der Waals surface area contributed by atoms with Crippen LogP contribution in [0.25, 0.3) is 0 Å². The van der Waals surface area contributed by atoms with Gasteiger partial charge in [0.25, 0.3) is 5.91 Å². The number of unbranched alkanes of at least 4 members (excludes halogenated alkanes) is 1. The maximum absolute atomic E-state index is 11.7. The average Bonchev–Trinajstić information content (AvgIpc) is 2.57. The van der Waals surface area contributed by atoms with Gasteiger partial charge in [0.05, 0.1) is 13.0 Å². The van der Waals surface area contributed by atoms with E-state index in [2.05, 4.69) is 17.6 Å². The molecule has 1 aromatic rings. The molecule has 0 bridgehead atoms. The van der Waals surface area contributed by atoms with Crippen LogP contribution in [0.15, 0.2) is 24.3 Å². The lowest BCUT2D eigenvalue weighted by molar-refractivity contribution is -0.147. The fraction of sp³-hybridized carbons (Fsp3) is 0.471. The molecule has 6 heteroatoms. The van der Waals surface area contributed by atoms with Crippen LogP contribution in [-0.4, -0.2) is 38.0 Å². The van der Waals surface area contributed by atoms with Crippen LogP contribution in [0.1, 0.15) is 30.9 Å². The van der Waals surface area contributed by atoms with E-state index in [-0.39, 0.29) is 25.5 Å². The van der Waals surface area contributed by atoms with Gasteiger partial charge in [-0.3, -0.25) is 14.4 Å². The van der Waals surface area contributed by atoms with E-state index >= 15 is 0 Å². The number of likely N-dealkylation sites (N-methyl/N-ethyl adjacent to an activating group) is 1. The van der Waals surface area contributed by atoms with Gasteiger partial charge in [-0.2, -0.15) is 0 Å². The van der Waals surface area contributed by atoms with E-state index in [1.165, 1.54) is 12.6 Å². The average molecular weight is 320 g/mol. The molecule has 1 aromatic carbocycles. The minimum atomic E-state index is -0.503. The highest BCUT2D eigenvalue weighted by molar-refractivity contribution is 5.86. The molecule has 0 aliphatic heterocycles. The molecule has 0 aromatic heterocycles. The summed E-state index contributed by atoms with van der Waals surface area (Å²) in [6.45, 7) is 1.63. The van der Waals surface area contributed by atoms with Crippen LogP contribution in [0.5, 0.6) is 0 Å². The van der Waals surface area contributed by atoms with E-state index in [0.717, 1.165) is 24.8 Å². The summed E-state index contributed by atoms with van der Waals surface area (Å²) in [5, 5.41) is 4.73. The van der Waals surface area contributed by atoms with E-state index in [1.54, 1.807) is 0 Å². The molecule has 126 valence electrons. The van der Waals surface area contributed by atoms with E-state index in [0.29, 0.717) is 0 Å². The molecule has 0 aliphatic rings.